The van der Waals surface area contributed by atoms with Gasteiger partial charge in [-0.3, -0.25) is 4.79 Å². The standard InChI is InChI=1S/C8H15ClO3/c1-2-3-4-11-5-6-12-7-8(9)10/h2-7H2,1H3. The van der Waals surface area contributed by atoms with Gasteiger partial charge in [-0.05, 0) is 18.0 Å². The number of hydrogen-bond acceptors (Lipinski definition) is 3. The molecule has 0 saturated heterocycles. The summed E-state index contributed by atoms with van der Waals surface area (Å²) in [4.78, 5) is 10.2. The van der Waals surface area contributed by atoms with Crippen LogP contribution >= 0.6 is 11.6 Å². The molecule has 0 amide bonds. The third-order valence-electron chi connectivity index (χ3n) is 1.23. The van der Waals surface area contributed by atoms with Gasteiger partial charge < -0.3 is 9.47 Å². The molecule has 0 aromatic heterocycles. The monoisotopic (exact) mass is 194 g/mol. The predicted octanol–water partition coefficient (Wildman–Crippen LogP) is 1.59. The lowest BCUT2D eigenvalue weighted by atomic mass is 10.4. The van der Waals surface area contributed by atoms with Crippen LogP contribution in [0.25, 0.3) is 0 Å². The Balaban J connectivity index is 2.86. The van der Waals surface area contributed by atoms with Crippen molar-refractivity contribution in [3.63, 3.8) is 0 Å². The highest BCUT2D eigenvalue weighted by Crippen LogP contribution is 1.88. The number of hydrogen-bond donors (Lipinski definition) is 0. The Morgan fingerprint density at radius 3 is 2.50 bits per heavy atom. The molecule has 0 saturated carbocycles. The number of ether oxygens (including phenoxy) is 2. The molecule has 0 aromatic rings. The van der Waals surface area contributed by atoms with Crippen LogP contribution in [0.2, 0.25) is 0 Å². The van der Waals surface area contributed by atoms with Gasteiger partial charge in [-0.15, -0.1) is 0 Å². The average molecular weight is 195 g/mol. The molecular weight excluding hydrogens is 180 g/mol. The minimum absolute atomic E-state index is 0.0291. The molecule has 0 aliphatic heterocycles. The van der Waals surface area contributed by atoms with Gasteiger partial charge >= 0.3 is 0 Å². The first-order chi connectivity index (χ1) is 5.77. The molecule has 12 heavy (non-hydrogen) atoms. The van der Waals surface area contributed by atoms with Crippen molar-refractivity contribution in [3.8, 4) is 0 Å². The zero-order chi connectivity index (χ0) is 9.23. The summed E-state index contributed by atoms with van der Waals surface area (Å²) in [6.07, 6.45) is 2.19. The molecule has 72 valence electrons. The van der Waals surface area contributed by atoms with E-state index in [1.54, 1.807) is 0 Å². The van der Waals surface area contributed by atoms with Gasteiger partial charge in [0.1, 0.15) is 6.61 Å². The quantitative estimate of drug-likeness (QED) is 0.435. The van der Waals surface area contributed by atoms with Gasteiger partial charge in [-0.2, -0.15) is 0 Å². The second-order valence-corrected chi connectivity index (χ2v) is 2.80. The largest absolute Gasteiger partial charge is 0.379 e. The minimum atomic E-state index is -0.469. The smallest absolute Gasteiger partial charge is 0.247 e. The maximum absolute atomic E-state index is 10.2. The Kier molecular flexibility index (Phi) is 8.88. The maximum atomic E-state index is 10.2. The molecule has 0 aliphatic rings. The topological polar surface area (TPSA) is 35.5 Å². The fourth-order valence-electron chi connectivity index (χ4n) is 0.619. The SMILES string of the molecule is CCCCOCCOCC(=O)Cl. The van der Waals surface area contributed by atoms with Crippen molar-refractivity contribution in [1.82, 2.24) is 0 Å². The lowest BCUT2D eigenvalue weighted by molar-refractivity contribution is -0.116. The second-order valence-electron chi connectivity index (χ2n) is 2.37. The van der Waals surface area contributed by atoms with Crippen molar-refractivity contribution in [2.24, 2.45) is 0 Å². The first-order valence-electron chi connectivity index (χ1n) is 4.11. The molecule has 0 N–H and O–H groups in total. The highest BCUT2D eigenvalue weighted by molar-refractivity contribution is 6.63. The lowest BCUT2D eigenvalue weighted by Gasteiger charge is -2.02. The number of carbonyl (C=O) groups is 1. The Hall–Kier alpha value is -0.120. The van der Waals surface area contributed by atoms with Gasteiger partial charge in [0.2, 0.25) is 5.24 Å². The molecule has 4 heteroatoms. The van der Waals surface area contributed by atoms with E-state index in [0.29, 0.717) is 13.2 Å². The van der Waals surface area contributed by atoms with E-state index in [9.17, 15) is 4.79 Å². The van der Waals surface area contributed by atoms with Crippen molar-refractivity contribution >= 4 is 16.8 Å². The number of carbonyl (C=O) groups excluding carboxylic acids is 1. The summed E-state index contributed by atoms with van der Waals surface area (Å²) in [5, 5.41) is -0.469. The van der Waals surface area contributed by atoms with Crippen LogP contribution < -0.4 is 0 Å². The van der Waals surface area contributed by atoms with E-state index in [0.717, 1.165) is 19.4 Å². The highest BCUT2D eigenvalue weighted by Gasteiger charge is 1.94. The van der Waals surface area contributed by atoms with Crippen LogP contribution in [0.3, 0.4) is 0 Å². The summed E-state index contributed by atoms with van der Waals surface area (Å²) in [6, 6.07) is 0. The number of rotatable bonds is 8. The van der Waals surface area contributed by atoms with Crippen LogP contribution in [0.4, 0.5) is 0 Å². The molecule has 0 atom stereocenters. The van der Waals surface area contributed by atoms with E-state index >= 15 is 0 Å². The van der Waals surface area contributed by atoms with Gasteiger partial charge in [0.15, 0.2) is 0 Å². The highest BCUT2D eigenvalue weighted by atomic mass is 35.5. The zero-order valence-corrected chi connectivity index (χ0v) is 8.10. The molecule has 0 radical (unpaired) electrons. The summed E-state index contributed by atoms with van der Waals surface area (Å²) in [5.41, 5.74) is 0. The lowest BCUT2D eigenvalue weighted by Crippen LogP contribution is -2.08. The molecule has 0 rings (SSSR count). The second kappa shape index (κ2) is 8.97. The van der Waals surface area contributed by atoms with Crippen molar-refractivity contribution in [1.29, 1.82) is 0 Å². The first kappa shape index (κ1) is 11.9. The van der Waals surface area contributed by atoms with E-state index in [2.05, 4.69) is 6.92 Å². The third kappa shape index (κ3) is 9.88. The molecule has 0 heterocycles. The fourth-order valence-corrected chi connectivity index (χ4v) is 0.696. The van der Waals surface area contributed by atoms with Crippen LogP contribution in [0.1, 0.15) is 19.8 Å². The van der Waals surface area contributed by atoms with Crippen molar-refractivity contribution < 1.29 is 14.3 Å². The summed E-state index contributed by atoms with van der Waals surface area (Å²) in [5.74, 6) is 0. The van der Waals surface area contributed by atoms with E-state index in [1.807, 2.05) is 0 Å². The van der Waals surface area contributed by atoms with Crippen molar-refractivity contribution in [3.05, 3.63) is 0 Å². The van der Waals surface area contributed by atoms with E-state index < -0.39 is 5.24 Å². The summed E-state index contributed by atoms with van der Waals surface area (Å²) in [7, 11) is 0. The molecule has 0 aromatic carbocycles. The molecular formula is C8H15ClO3. The molecule has 3 nitrogen and oxygen atoms in total. The molecule has 0 bridgehead atoms. The summed E-state index contributed by atoms with van der Waals surface area (Å²) >= 11 is 5.04. The van der Waals surface area contributed by atoms with Gasteiger partial charge in [0, 0.05) is 6.61 Å². The van der Waals surface area contributed by atoms with E-state index in [1.165, 1.54) is 0 Å². The molecule has 0 unspecified atom stereocenters. The van der Waals surface area contributed by atoms with Gasteiger partial charge in [0.05, 0.1) is 13.2 Å². The maximum Gasteiger partial charge on any atom is 0.247 e. The molecule has 0 aliphatic carbocycles. The first-order valence-corrected chi connectivity index (χ1v) is 4.49. The van der Waals surface area contributed by atoms with Crippen LogP contribution in [0.5, 0.6) is 0 Å². The fraction of sp³-hybridized carbons (Fsp3) is 0.875. The van der Waals surface area contributed by atoms with Crippen LogP contribution in [-0.2, 0) is 14.3 Å². The third-order valence-corrected chi connectivity index (χ3v) is 1.34. The van der Waals surface area contributed by atoms with Gasteiger partial charge in [0.25, 0.3) is 0 Å². The minimum Gasteiger partial charge on any atom is -0.379 e. The predicted molar refractivity (Wildman–Crippen MR) is 47.4 cm³/mol. The number of halogens is 1. The Morgan fingerprint density at radius 2 is 1.92 bits per heavy atom. The summed E-state index contributed by atoms with van der Waals surface area (Å²) in [6.45, 7) is 3.80. The summed E-state index contributed by atoms with van der Waals surface area (Å²) < 4.78 is 10.0. The van der Waals surface area contributed by atoms with Crippen LogP contribution in [0.15, 0.2) is 0 Å². The van der Waals surface area contributed by atoms with E-state index in [4.69, 9.17) is 21.1 Å². The Bertz CT molecular complexity index is 117. The molecule has 0 fully saturated rings. The Labute approximate surface area is 78.0 Å². The normalized spacial score (nSPS) is 10.2. The van der Waals surface area contributed by atoms with Gasteiger partial charge in [-0.25, -0.2) is 0 Å². The van der Waals surface area contributed by atoms with E-state index in [-0.39, 0.29) is 6.61 Å². The Morgan fingerprint density at radius 1 is 1.25 bits per heavy atom. The zero-order valence-electron chi connectivity index (χ0n) is 7.35. The van der Waals surface area contributed by atoms with Crippen molar-refractivity contribution in [2.75, 3.05) is 26.4 Å². The van der Waals surface area contributed by atoms with Crippen molar-refractivity contribution in [2.45, 2.75) is 19.8 Å². The van der Waals surface area contributed by atoms with Crippen LogP contribution in [-0.4, -0.2) is 31.7 Å². The van der Waals surface area contributed by atoms with Crippen LogP contribution in [0, 0.1) is 0 Å². The average Bonchev–Trinajstić information content (AvgIpc) is 2.02. The van der Waals surface area contributed by atoms with Gasteiger partial charge in [-0.1, -0.05) is 13.3 Å². The number of unbranched alkanes of at least 4 members (excludes halogenated alkanes) is 1. The molecule has 0 spiro atoms.